The van der Waals surface area contributed by atoms with Crippen molar-refractivity contribution in [3.8, 4) is 11.1 Å². The number of nitrogens with zero attached hydrogens (tertiary/aromatic N) is 3. The monoisotopic (exact) mass is 281 g/mol. The Morgan fingerprint density at radius 1 is 1.29 bits per heavy atom. The first-order valence-corrected chi connectivity index (χ1v) is 6.69. The molecule has 0 bridgehead atoms. The van der Waals surface area contributed by atoms with Gasteiger partial charge in [-0.3, -0.25) is 9.48 Å². The van der Waals surface area contributed by atoms with Crippen LogP contribution in [0.15, 0.2) is 60.3 Å². The average Bonchev–Trinajstić information content (AvgIpc) is 2.88. The van der Waals surface area contributed by atoms with Crippen molar-refractivity contribution in [2.75, 3.05) is 0 Å². The molecule has 2 rings (SSSR count). The van der Waals surface area contributed by atoms with Crippen LogP contribution >= 0.6 is 0 Å². The minimum atomic E-state index is -0.0295. The maximum Gasteiger partial charge on any atom is 0.250 e. The van der Waals surface area contributed by atoms with E-state index in [0.717, 1.165) is 22.3 Å². The molecule has 4 heteroatoms. The van der Waals surface area contributed by atoms with E-state index in [0.29, 0.717) is 0 Å². The van der Waals surface area contributed by atoms with Gasteiger partial charge in [0, 0.05) is 43.7 Å². The normalized spacial score (nSPS) is 12.0. The molecule has 0 N–H and O–H groups in total. The van der Waals surface area contributed by atoms with Crippen LogP contribution in [0.5, 0.6) is 0 Å². The van der Waals surface area contributed by atoms with Gasteiger partial charge in [0.05, 0.1) is 6.20 Å². The Morgan fingerprint density at radius 2 is 2.05 bits per heavy atom. The topological polar surface area (TPSA) is 39.8 Å². The zero-order valence-electron chi connectivity index (χ0n) is 12.6. The lowest BCUT2D eigenvalue weighted by atomic mass is 9.99. The van der Waals surface area contributed by atoms with Crippen LogP contribution in [0, 0.1) is 0 Å². The first-order valence-electron chi connectivity index (χ1n) is 6.69. The third-order valence-corrected chi connectivity index (χ3v) is 3.26. The third-order valence-electron chi connectivity index (χ3n) is 3.26. The number of allylic oxidation sites excluding steroid dienone is 5. The van der Waals surface area contributed by atoms with Crippen LogP contribution < -0.4 is 5.56 Å². The molecule has 108 valence electrons. The molecule has 0 aliphatic rings. The third kappa shape index (κ3) is 3.28. The molecule has 2 aromatic rings. The van der Waals surface area contributed by atoms with Crippen molar-refractivity contribution in [3.63, 3.8) is 0 Å². The zero-order chi connectivity index (χ0) is 15.4. The van der Waals surface area contributed by atoms with Gasteiger partial charge in [-0.2, -0.15) is 5.10 Å². The Kier molecular flexibility index (Phi) is 4.38. The maximum atomic E-state index is 11.9. The van der Waals surface area contributed by atoms with Gasteiger partial charge in [-0.25, -0.2) is 0 Å². The highest BCUT2D eigenvalue weighted by molar-refractivity contribution is 5.80. The van der Waals surface area contributed by atoms with Crippen LogP contribution in [0.25, 0.3) is 16.7 Å². The van der Waals surface area contributed by atoms with E-state index in [-0.39, 0.29) is 5.56 Å². The van der Waals surface area contributed by atoms with Gasteiger partial charge >= 0.3 is 0 Å². The molecule has 0 aromatic carbocycles. The highest BCUT2D eigenvalue weighted by Gasteiger charge is 2.10. The van der Waals surface area contributed by atoms with Crippen molar-refractivity contribution in [3.05, 3.63) is 71.5 Å². The molecule has 0 aliphatic carbocycles. The van der Waals surface area contributed by atoms with Crippen molar-refractivity contribution in [2.45, 2.75) is 6.92 Å². The smallest absolute Gasteiger partial charge is 0.250 e. The number of hydrogen-bond acceptors (Lipinski definition) is 2. The Bertz CT molecular complexity index is 776. The summed E-state index contributed by atoms with van der Waals surface area (Å²) in [5.74, 6) is 0. The summed E-state index contributed by atoms with van der Waals surface area (Å²) in [6.45, 7) is 5.63. The number of pyridine rings is 1. The average molecular weight is 281 g/mol. The van der Waals surface area contributed by atoms with Crippen LogP contribution in [-0.2, 0) is 14.1 Å². The van der Waals surface area contributed by atoms with E-state index >= 15 is 0 Å². The second kappa shape index (κ2) is 6.22. The molecular weight excluding hydrogens is 262 g/mol. The van der Waals surface area contributed by atoms with Crippen LogP contribution in [0.4, 0.5) is 0 Å². The van der Waals surface area contributed by atoms with Crippen molar-refractivity contribution < 1.29 is 0 Å². The summed E-state index contributed by atoms with van der Waals surface area (Å²) in [6.07, 6.45) is 13.0. The highest BCUT2D eigenvalue weighted by atomic mass is 16.1. The Balaban J connectivity index is 2.61. The summed E-state index contributed by atoms with van der Waals surface area (Å²) >= 11 is 0. The fraction of sp³-hybridized carbons (Fsp3) is 0.176. The molecule has 0 spiro atoms. The van der Waals surface area contributed by atoms with Crippen LogP contribution in [0.1, 0.15) is 12.5 Å². The minimum Gasteiger partial charge on any atom is -0.318 e. The van der Waals surface area contributed by atoms with Gasteiger partial charge in [0.1, 0.15) is 0 Å². The molecule has 2 heterocycles. The van der Waals surface area contributed by atoms with E-state index in [1.165, 1.54) is 0 Å². The lowest BCUT2D eigenvalue weighted by molar-refractivity contribution is 0.768. The van der Waals surface area contributed by atoms with E-state index in [1.54, 1.807) is 34.6 Å². The van der Waals surface area contributed by atoms with Crippen molar-refractivity contribution in [1.82, 2.24) is 14.3 Å². The van der Waals surface area contributed by atoms with Crippen LogP contribution in [0.3, 0.4) is 0 Å². The first-order chi connectivity index (χ1) is 10.0. The number of rotatable bonds is 4. The molecule has 2 aromatic heterocycles. The second-order valence-electron chi connectivity index (χ2n) is 4.92. The summed E-state index contributed by atoms with van der Waals surface area (Å²) in [7, 11) is 3.63. The molecular formula is C17H19N3O. The molecule has 4 nitrogen and oxygen atoms in total. The standard InChI is InChI=1S/C17H19N3O/c1-5-6-7-8-13(2)15-9-17(21)19(3)12-16(15)14-10-18-20(4)11-14/h5-12H,1H2,2-4H3/b7-6-,13-8+. The van der Waals surface area contributed by atoms with E-state index < -0.39 is 0 Å². The first kappa shape index (κ1) is 14.8. The molecule has 0 radical (unpaired) electrons. The maximum absolute atomic E-state index is 11.9. The number of aryl methyl sites for hydroxylation is 2. The number of hydrogen-bond donors (Lipinski definition) is 0. The van der Waals surface area contributed by atoms with Gasteiger partial charge < -0.3 is 4.57 Å². The van der Waals surface area contributed by atoms with E-state index in [4.69, 9.17) is 0 Å². The Morgan fingerprint density at radius 3 is 2.67 bits per heavy atom. The second-order valence-corrected chi connectivity index (χ2v) is 4.92. The van der Waals surface area contributed by atoms with Gasteiger partial charge in [-0.1, -0.05) is 30.9 Å². The van der Waals surface area contributed by atoms with Gasteiger partial charge in [-0.05, 0) is 18.1 Å². The lowest BCUT2D eigenvalue weighted by Gasteiger charge is -2.10. The zero-order valence-corrected chi connectivity index (χ0v) is 12.6. The summed E-state index contributed by atoms with van der Waals surface area (Å²) in [5, 5.41) is 4.20. The van der Waals surface area contributed by atoms with Gasteiger partial charge in [0.2, 0.25) is 0 Å². The van der Waals surface area contributed by atoms with Crippen LogP contribution in [-0.4, -0.2) is 14.3 Å². The molecule has 0 saturated carbocycles. The molecule has 0 aliphatic heterocycles. The fourth-order valence-electron chi connectivity index (χ4n) is 2.11. The summed E-state index contributed by atoms with van der Waals surface area (Å²) in [6, 6.07) is 1.66. The molecule has 0 fully saturated rings. The fourth-order valence-corrected chi connectivity index (χ4v) is 2.11. The van der Waals surface area contributed by atoms with Crippen molar-refractivity contribution >= 4 is 5.57 Å². The van der Waals surface area contributed by atoms with Crippen molar-refractivity contribution in [1.29, 1.82) is 0 Å². The van der Waals surface area contributed by atoms with Gasteiger partial charge in [0.15, 0.2) is 0 Å². The van der Waals surface area contributed by atoms with Crippen LogP contribution in [0.2, 0.25) is 0 Å². The van der Waals surface area contributed by atoms with E-state index in [2.05, 4.69) is 11.7 Å². The SMILES string of the molecule is C=C/C=C\C=C(/C)c1cc(=O)n(C)cc1-c1cnn(C)c1. The summed E-state index contributed by atoms with van der Waals surface area (Å²) in [5.41, 5.74) is 3.89. The highest BCUT2D eigenvalue weighted by Crippen LogP contribution is 2.27. The Hall–Kier alpha value is -2.62. The quantitative estimate of drug-likeness (QED) is 0.808. The predicted octanol–water partition coefficient (Wildman–Crippen LogP) is 2.93. The van der Waals surface area contributed by atoms with Gasteiger partial charge in [0.25, 0.3) is 5.56 Å². The lowest BCUT2D eigenvalue weighted by Crippen LogP contribution is -2.16. The Labute approximate surface area is 124 Å². The van der Waals surface area contributed by atoms with E-state index in [9.17, 15) is 4.79 Å². The van der Waals surface area contributed by atoms with E-state index in [1.807, 2.05) is 44.6 Å². The minimum absolute atomic E-state index is 0.0295. The van der Waals surface area contributed by atoms with Gasteiger partial charge in [-0.15, -0.1) is 0 Å². The summed E-state index contributed by atoms with van der Waals surface area (Å²) in [4.78, 5) is 11.9. The molecule has 21 heavy (non-hydrogen) atoms. The molecule has 0 saturated heterocycles. The molecule has 0 unspecified atom stereocenters. The number of aromatic nitrogens is 3. The molecule has 0 amide bonds. The summed E-state index contributed by atoms with van der Waals surface area (Å²) < 4.78 is 3.33. The molecule has 0 atom stereocenters. The largest absolute Gasteiger partial charge is 0.318 e. The predicted molar refractivity (Wildman–Crippen MR) is 86.9 cm³/mol. The van der Waals surface area contributed by atoms with Crippen molar-refractivity contribution in [2.24, 2.45) is 14.1 Å².